The molecule has 0 aromatic heterocycles. The topological polar surface area (TPSA) is 57.6 Å². The predicted octanol–water partition coefficient (Wildman–Crippen LogP) is 3.39. The third-order valence-corrected chi connectivity index (χ3v) is 7.01. The summed E-state index contributed by atoms with van der Waals surface area (Å²) < 4.78 is 27.5. The van der Waals surface area contributed by atoms with Crippen molar-refractivity contribution in [3.8, 4) is 0 Å². The number of hydrogen-bond acceptors (Lipinski definition) is 3. The molecule has 2 aromatic rings. The van der Waals surface area contributed by atoms with Gasteiger partial charge in [-0.05, 0) is 38.5 Å². The molecular weight excluding hydrogens is 346 g/mol. The highest BCUT2D eigenvalue weighted by Gasteiger charge is 2.50. The molecule has 0 radical (unpaired) electrons. The molecule has 1 aliphatic rings. The maximum atomic E-state index is 13.1. The van der Waals surface area contributed by atoms with Crippen molar-refractivity contribution in [1.29, 1.82) is 0 Å². The van der Waals surface area contributed by atoms with Crippen molar-refractivity contribution < 1.29 is 13.5 Å². The molecule has 1 heterocycles. The molecule has 0 spiro atoms. The summed E-state index contributed by atoms with van der Waals surface area (Å²) in [6, 6.07) is 14.4. The molecule has 1 N–H and O–H groups in total. The van der Waals surface area contributed by atoms with Crippen LogP contribution >= 0.6 is 0 Å². The molecule has 4 nitrogen and oxygen atoms in total. The first-order valence-corrected chi connectivity index (χ1v) is 10.1. The molecule has 0 unspecified atom stereocenters. The lowest BCUT2D eigenvalue weighted by Gasteiger charge is -2.30. The average molecular weight is 372 g/mol. The molecule has 0 bridgehead atoms. The fourth-order valence-corrected chi connectivity index (χ4v) is 5.03. The van der Waals surface area contributed by atoms with Crippen molar-refractivity contribution >= 4 is 10.0 Å². The molecule has 3 rings (SSSR count). The minimum atomic E-state index is -3.68. The molecule has 2 atom stereocenters. The van der Waals surface area contributed by atoms with Crippen LogP contribution in [0.25, 0.3) is 0 Å². The Morgan fingerprint density at radius 2 is 1.58 bits per heavy atom. The zero-order chi connectivity index (χ0) is 19.1. The van der Waals surface area contributed by atoms with E-state index in [4.69, 9.17) is 0 Å². The van der Waals surface area contributed by atoms with Crippen LogP contribution in [-0.4, -0.2) is 30.9 Å². The minimum Gasteiger partial charge on any atom is -0.383 e. The highest BCUT2D eigenvalue weighted by atomic mass is 32.2. The van der Waals surface area contributed by atoms with E-state index >= 15 is 0 Å². The summed E-state index contributed by atoms with van der Waals surface area (Å²) in [5.41, 5.74) is 2.30. The number of hydrogen-bond donors (Lipinski definition) is 1. The lowest BCUT2D eigenvalue weighted by atomic mass is 9.80. The van der Waals surface area contributed by atoms with E-state index in [1.165, 1.54) is 4.31 Å². The van der Waals surface area contributed by atoms with Crippen LogP contribution in [0.4, 0.5) is 0 Å². The number of sulfonamides is 1. The van der Waals surface area contributed by atoms with E-state index in [2.05, 4.69) is 6.58 Å². The molecule has 0 saturated carbocycles. The number of benzene rings is 2. The summed E-state index contributed by atoms with van der Waals surface area (Å²) in [4.78, 5) is 0.247. The Labute approximate surface area is 155 Å². The number of aryl methyl sites for hydroxylation is 2. The predicted molar refractivity (Wildman–Crippen MR) is 103 cm³/mol. The van der Waals surface area contributed by atoms with Gasteiger partial charge >= 0.3 is 0 Å². The Morgan fingerprint density at radius 3 is 2.08 bits per heavy atom. The molecule has 0 aliphatic carbocycles. The van der Waals surface area contributed by atoms with Crippen molar-refractivity contribution in [1.82, 2.24) is 4.31 Å². The lowest BCUT2D eigenvalue weighted by molar-refractivity contribution is 0.0228. The first kappa shape index (κ1) is 18.8. The van der Waals surface area contributed by atoms with Crippen LogP contribution in [0.1, 0.15) is 23.6 Å². The first-order chi connectivity index (χ1) is 12.1. The SMILES string of the molecule is C=C(C)[C@H]1CN(S(=O)(=O)c2ccc(C)cc2)C[C@]1(O)c1ccc(C)cc1. The van der Waals surface area contributed by atoms with Gasteiger partial charge in [-0.15, -0.1) is 0 Å². The molecule has 5 heteroatoms. The lowest BCUT2D eigenvalue weighted by Crippen LogP contribution is -2.36. The summed E-state index contributed by atoms with van der Waals surface area (Å²) >= 11 is 0. The van der Waals surface area contributed by atoms with Gasteiger partial charge in [0.05, 0.1) is 4.90 Å². The van der Waals surface area contributed by atoms with Crippen LogP contribution in [0.3, 0.4) is 0 Å². The Morgan fingerprint density at radius 1 is 1.08 bits per heavy atom. The Hall–Kier alpha value is -1.95. The third kappa shape index (κ3) is 3.22. The molecule has 1 fully saturated rings. The zero-order valence-electron chi connectivity index (χ0n) is 15.4. The Bertz CT molecular complexity index is 917. The fraction of sp³-hybridized carbons (Fsp3) is 0.333. The third-order valence-electron chi connectivity index (χ3n) is 5.19. The van der Waals surface area contributed by atoms with Crippen LogP contribution in [-0.2, 0) is 15.6 Å². The minimum absolute atomic E-state index is 0.0177. The second-order valence-electron chi connectivity index (χ2n) is 7.30. The Kier molecular flexibility index (Phi) is 4.82. The van der Waals surface area contributed by atoms with Crippen LogP contribution in [0.2, 0.25) is 0 Å². The molecule has 2 aromatic carbocycles. The number of nitrogens with zero attached hydrogens (tertiary/aromatic N) is 1. The number of β-amino-alcohol motifs (C(OH)–C–C–N with tert-alkyl or cyclic N) is 1. The van der Waals surface area contributed by atoms with Crippen molar-refractivity contribution in [2.24, 2.45) is 5.92 Å². The van der Waals surface area contributed by atoms with E-state index in [9.17, 15) is 13.5 Å². The van der Waals surface area contributed by atoms with Gasteiger partial charge in [-0.3, -0.25) is 0 Å². The van der Waals surface area contributed by atoms with Gasteiger partial charge in [-0.1, -0.05) is 59.7 Å². The van der Waals surface area contributed by atoms with Crippen LogP contribution in [0.15, 0.2) is 65.6 Å². The summed E-state index contributed by atoms with van der Waals surface area (Å²) in [6.07, 6.45) is 0. The normalized spacial score (nSPS) is 23.9. The molecule has 26 heavy (non-hydrogen) atoms. The maximum absolute atomic E-state index is 13.1. The van der Waals surface area contributed by atoms with E-state index in [1.807, 2.05) is 45.0 Å². The first-order valence-electron chi connectivity index (χ1n) is 8.66. The smallest absolute Gasteiger partial charge is 0.243 e. The Balaban J connectivity index is 2.00. The van der Waals surface area contributed by atoms with Gasteiger partial charge in [-0.25, -0.2) is 8.42 Å². The quantitative estimate of drug-likeness (QED) is 0.838. The second kappa shape index (κ2) is 6.65. The maximum Gasteiger partial charge on any atom is 0.243 e. The molecular formula is C21H25NO3S. The van der Waals surface area contributed by atoms with Gasteiger partial charge in [0, 0.05) is 19.0 Å². The van der Waals surface area contributed by atoms with Crippen molar-refractivity contribution in [2.75, 3.05) is 13.1 Å². The average Bonchev–Trinajstić information content (AvgIpc) is 2.96. The molecule has 138 valence electrons. The summed E-state index contributed by atoms with van der Waals surface area (Å²) in [7, 11) is -3.68. The highest BCUT2D eigenvalue weighted by Crippen LogP contribution is 2.42. The summed E-state index contributed by atoms with van der Waals surface area (Å²) in [5.74, 6) is -0.356. The molecule has 1 saturated heterocycles. The van der Waals surface area contributed by atoms with Gasteiger partial charge in [-0.2, -0.15) is 4.31 Å². The zero-order valence-corrected chi connectivity index (χ0v) is 16.3. The van der Waals surface area contributed by atoms with Crippen LogP contribution in [0.5, 0.6) is 0 Å². The van der Waals surface area contributed by atoms with Gasteiger partial charge < -0.3 is 5.11 Å². The highest BCUT2D eigenvalue weighted by molar-refractivity contribution is 7.89. The van der Waals surface area contributed by atoms with Gasteiger partial charge in [0.15, 0.2) is 0 Å². The largest absolute Gasteiger partial charge is 0.383 e. The number of rotatable bonds is 4. The van der Waals surface area contributed by atoms with E-state index in [0.717, 1.165) is 22.3 Å². The van der Waals surface area contributed by atoms with Crippen molar-refractivity contribution in [3.05, 3.63) is 77.4 Å². The standard InChI is InChI=1S/C21H25NO3S/c1-15(2)20-13-22(26(24,25)19-11-7-17(4)8-12-19)14-21(20,23)18-9-5-16(3)6-10-18/h5-12,20,23H,1,13-14H2,2-4H3/t20-,21+/m1/s1. The summed E-state index contributed by atoms with van der Waals surface area (Å²) in [6.45, 7) is 9.97. The van der Waals surface area contributed by atoms with Crippen molar-refractivity contribution in [3.63, 3.8) is 0 Å². The van der Waals surface area contributed by atoms with Crippen LogP contribution < -0.4 is 0 Å². The van der Waals surface area contributed by atoms with Gasteiger partial charge in [0.25, 0.3) is 0 Å². The van der Waals surface area contributed by atoms with E-state index in [0.29, 0.717) is 0 Å². The van der Waals surface area contributed by atoms with Crippen LogP contribution in [0, 0.1) is 19.8 Å². The van der Waals surface area contributed by atoms with E-state index in [1.54, 1.807) is 24.3 Å². The van der Waals surface area contributed by atoms with Gasteiger partial charge in [0.1, 0.15) is 5.60 Å². The van der Waals surface area contributed by atoms with E-state index < -0.39 is 15.6 Å². The van der Waals surface area contributed by atoms with E-state index in [-0.39, 0.29) is 23.9 Å². The molecule has 1 aliphatic heterocycles. The summed E-state index contributed by atoms with van der Waals surface area (Å²) in [5, 5.41) is 11.4. The van der Waals surface area contributed by atoms with Crippen molar-refractivity contribution in [2.45, 2.75) is 31.3 Å². The molecule has 0 amide bonds. The number of aliphatic hydroxyl groups is 1. The monoisotopic (exact) mass is 371 g/mol. The fourth-order valence-electron chi connectivity index (χ4n) is 3.54. The second-order valence-corrected chi connectivity index (χ2v) is 9.24. The van der Waals surface area contributed by atoms with Gasteiger partial charge in [0.2, 0.25) is 10.0 Å².